The van der Waals surface area contributed by atoms with Crippen LogP contribution in [0.15, 0.2) is 16.8 Å². The topological polar surface area (TPSA) is 49.4 Å². The van der Waals surface area contributed by atoms with Gasteiger partial charge in [0.25, 0.3) is 0 Å². The van der Waals surface area contributed by atoms with Crippen molar-refractivity contribution in [1.82, 2.24) is 10.2 Å². The van der Waals surface area contributed by atoms with Gasteiger partial charge in [-0.3, -0.25) is 9.59 Å². The summed E-state index contributed by atoms with van der Waals surface area (Å²) in [5.74, 6) is -0.104. The Hall–Kier alpha value is -1.36. The lowest BCUT2D eigenvalue weighted by molar-refractivity contribution is -0.145. The molecular formula is C11H14N2O2S. The molecule has 2 amide bonds. The van der Waals surface area contributed by atoms with E-state index in [0.717, 1.165) is 5.56 Å². The Morgan fingerprint density at radius 2 is 2.31 bits per heavy atom. The van der Waals surface area contributed by atoms with E-state index in [0.29, 0.717) is 0 Å². The standard InChI is InChI=1S/C11H14N2O2S/c1-7-11(15)13(5-10(14)12-7)8(2)9-3-4-16-6-9/h3-4,6-8H,5H2,1-2H3,(H,12,14). The van der Waals surface area contributed by atoms with E-state index in [1.54, 1.807) is 23.2 Å². The van der Waals surface area contributed by atoms with Crippen molar-refractivity contribution in [1.29, 1.82) is 0 Å². The molecular weight excluding hydrogens is 224 g/mol. The van der Waals surface area contributed by atoms with Gasteiger partial charge in [-0.2, -0.15) is 11.3 Å². The molecule has 1 aliphatic heterocycles. The first-order valence-corrected chi connectivity index (χ1v) is 6.16. The normalized spacial score (nSPS) is 23.1. The van der Waals surface area contributed by atoms with Crippen LogP contribution < -0.4 is 5.32 Å². The first-order chi connectivity index (χ1) is 7.59. The molecule has 2 heterocycles. The third-order valence-electron chi connectivity index (χ3n) is 2.84. The lowest BCUT2D eigenvalue weighted by Crippen LogP contribution is -2.57. The highest BCUT2D eigenvalue weighted by molar-refractivity contribution is 7.07. The van der Waals surface area contributed by atoms with Crippen LogP contribution in [0.2, 0.25) is 0 Å². The van der Waals surface area contributed by atoms with Crippen molar-refractivity contribution in [3.05, 3.63) is 22.4 Å². The summed E-state index contributed by atoms with van der Waals surface area (Å²) in [6.07, 6.45) is 0. The zero-order valence-electron chi connectivity index (χ0n) is 9.27. The maximum atomic E-state index is 11.9. The third kappa shape index (κ3) is 1.95. The maximum Gasteiger partial charge on any atom is 0.245 e. The first-order valence-electron chi connectivity index (χ1n) is 5.21. The summed E-state index contributed by atoms with van der Waals surface area (Å²) in [6, 6.07) is 1.54. The molecule has 4 nitrogen and oxygen atoms in total. The molecule has 2 unspecified atom stereocenters. The van der Waals surface area contributed by atoms with Gasteiger partial charge in [-0.1, -0.05) is 0 Å². The highest BCUT2D eigenvalue weighted by atomic mass is 32.1. The van der Waals surface area contributed by atoms with E-state index in [9.17, 15) is 9.59 Å². The van der Waals surface area contributed by atoms with E-state index in [1.165, 1.54) is 0 Å². The van der Waals surface area contributed by atoms with Gasteiger partial charge in [0.15, 0.2) is 0 Å². The molecule has 0 radical (unpaired) electrons. The molecule has 86 valence electrons. The van der Waals surface area contributed by atoms with Crippen LogP contribution in [0, 0.1) is 0 Å². The van der Waals surface area contributed by atoms with Crippen molar-refractivity contribution in [2.45, 2.75) is 25.9 Å². The Morgan fingerprint density at radius 3 is 2.94 bits per heavy atom. The number of carbonyl (C=O) groups is 2. The van der Waals surface area contributed by atoms with E-state index in [4.69, 9.17) is 0 Å². The van der Waals surface area contributed by atoms with E-state index in [1.807, 2.05) is 23.8 Å². The molecule has 0 aromatic carbocycles. The predicted molar refractivity (Wildman–Crippen MR) is 62.1 cm³/mol. The molecule has 2 rings (SSSR count). The van der Waals surface area contributed by atoms with Crippen LogP contribution >= 0.6 is 11.3 Å². The quantitative estimate of drug-likeness (QED) is 0.840. The second-order valence-electron chi connectivity index (χ2n) is 3.99. The molecule has 1 fully saturated rings. The smallest absolute Gasteiger partial charge is 0.245 e. The molecule has 1 saturated heterocycles. The lowest BCUT2D eigenvalue weighted by Gasteiger charge is -2.35. The van der Waals surface area contributed by atoms with Crippen molar-refractivity contribution >= 4 is 23.2 Å². The van der Waals surface area contributed by atoms with Gasteiger partial charge in [0.05, 0.1) is 6.04 Å². The SMILES string of the molecule is CC1NC(=O)CN(C(C)c2ccsc2)C1=O. The van der Waals surface area contributed by atoms with Crippen molar-refractivity contribution in [3.63, 3.8) is 0 Å². The van der Waals surface area contributed by atoms with E-state index >= 15 is 0 Å². The molecule has 1 N–H and O–H groups in total. The number of hydrogen-bond donors (Lipinski definition) is 1. The predicted octanol–water partition coefficient (Wildman–Crippen LogP) is 1.16. The van der Waals surface area contributed by atoms with Crippen LogP contribution in [-0.4, -0.2) is 29.3 Å². The number of nitrogens with one attached hydrogen (secondary N) is 1. The minimum Gasteiger partial charge on any atom is -0.343 e. The summed E-state index contributed by atoms with van der Waals surface area (Å²) >= 11 is 1.60. The van der Waals surface area contributed by atoms with Gasteiger partial charge in [0.1, 0.15) is 12.6 Å². The van der Waals surface area contributed by atoms with Gasteiger partial charge < -0.3 is 10.2 Å². The number of carbonyl (C=O) groups excluding carboxylic acids is 2. The minimum atomic E-state index is -0.415. The zero-order chi connectivity index (χ0) is 11.7. The van der Waals surface area contributed by atoms with E-state index in [-0.39, 0.29) is 24.4 Å². The van der Waals surface area contributed by atoms with Gasteiger partial charge in [-0.25, -0.2) is 0 Å². The fourth-order valence-corrected chi connectivity index (χ4v) is 2.60. The Balaban J connectivity index is 2.19. The number of rotatable bonds is 2. The highest BCUT2D eigenvalue weighted by Gasteiger charge is 2.32. The average Bonchev–Trinajstić information content (AvgIpc) is 2.75. The average molecular weight is 238 g/mol. The molecule has 16 heavy (non-hydrogen) atoms. The maximum absolute atomic E-state index is 11.9. The zero-order valence-corrected chi connectivity index (χ0v) is 10.1. The van der Waals surface area contributed by atoms with Gasteiger partial charge in [-0.15, -0.1) is 0 Å². The molecule has 1 aromatic heterocycles. The molecule has 1 aliphatic rings. The summed E-state index contributed by atoms with van der Waals surface area (Å²) in [4.78, 5) is 25.0. The lowest BCUT2D eigenvalue weighted by atomic mass is 10.1. The molecule has 0 bridgehead atoms. The van der Waals surface area contributed by atoms with Crippen LogP contribution in [-0.2, 0) is 9.59 Å². The second kappa shape index (κ2) is 4.25. The van der Waals surface area contributed by atoms with Crippen LogP contribution in [0.1, 0.15) is 25.5 Å². The van der Waals surface area contributed by atoms with Crippen LogP contribution in [0.25, 0.3) is 0 Å². The third-order valence-corrected chi connectivity index (χ3v) is 3.54. The monoisotopic (exact) mass is 238 g/mol. The minimum absolute atomic E-state index is 0.0155. The summed E-state index contributed by atoms with van der Waals surface area (Å²) < 4.78 is 0. The Kier molecular flexibility index (Phi) is 2.96. The highest BCUT2D eigenvalue weighted by Crippen LogP contribution is 2.24. The van der Waals surface area contributed by atoms with Gasteiger partial charge in [0.2, 0.25) is 11.8 Å². The number of piperazine rings is 1. The van der Waals surface area contributed by atoms with Crippen molar-refractivity contribution in [2.24, 2.45) is 0 Å². The Morgan fingerprint density at radius 1 is 1.56 bits per heavy atom. The van der Waals surface area contributed by atoms with E-state index in [2.05, 4.69) is 5.32 Å². The summed E-state index contributed by atoms with van der Waals surface area (Å²) in [6.45, 7) is 3.82. The van der Waals surface area contributed by atoms with E-state index < -0.39 is 6.04 Å². The number of hydrogen-bond acceptors (Lipinski definition) is 3. The first kappa shape index (κ1) is 11.1. The molecule has 0 aliphatic carbocycles. The van der Waals surface area contributed by atoms with Gasteiger partial charge in [-0.05, 0) is 36.2 Å². The molecule has 0 spiro atoms. The van der Waals surface area contributed by atoms with Crippen LogP contribution in [0.3, 0.4) is 0 Å². The molecule has 5 heteroatoms. The van der Waals surface area contributed by atoms with Crippen LogP contribution in [0.5, 0.6) is 0 Å². The van der Waals surface area contributed by atoms with Crippen molar-refractivity contribution < 1.29 is 9.59 Å². The summed E-state index contributed by atoms with van der Waals surface area (Å²) in [7, 11) is 0. The Bertz CT molecular complexity index is 402. The number of amides is 2. The fraction of sp³-hybridized carbons (Fsp3) is 0.455. The van der Waals surface area contributed by atoms with Crippen LogP contribution in [0.4, 0.5) is 0 Å². The molecule has 0 saturated carbocycles. The van der Waals surface area contributed by atoms with Crippen molar-refractivity contribution in [2.75, 3.05) is 6.54 Å². The molecule has 2 atom stereocenters. The fourth-order valence-electron chi connectivity index (χ4n) is 1.85. The summed E-state index contributed by atoms with van der Waals surface area (Å²) in [5.41, 5.74) is 1.08. The Labute approximate surface area is 98.3 Å². The van der Waals surface area contributed by atoms with Crippen molar-refractivity contribution in [3.8, 4) is 0 Å². The van der Waals surface area contributed by atoms with Gasteiger partial charge in [0, 0.05) is 0 Å². The largest absolute Gasteiger partial charge is 0.343 e. The number of thiophene rings is 1. The second-order valence-corrected chi connectivity index (χ2v) is 4.77. The van der Waals surface area contributed by atoms with Gasteiger partial charge >= 0.3 is 0 Å². The molecule has 1 aromatic rings. The number of nitrogens with zero attached hydrogens (tertiary/aromatic N) is 1. The summed E-state index contributed by atoms with van der Waals surface area (Å²) in [5, 5.41) is 6.62.